The average molecular weight is 258 g/mol. The summed E-state index contributed by atoms with van der Waals surface area (Å²) < 4.78 is 51.9. The molecular weight excluding hydrogens is 248 g/mol. The van der Waals surface area contributed by atoms with Crippen LogP contribution in [0.3, 0.4) is 0 Å². The van der Waals surface area contributed by atoms with E-state index in [9.17, 15) is 17.6 Å². The van der Waals surface area contributed by atoms with Crippen molar-refractivity contribution in [2.45, 2.75) is 6.42 Å². The lowest BCUT2D eigenvalue weighted by Crippen LogP contribution is -1.89. The van der Waals surface area contributed by atoms with E-state index in [4.69, 9.17) is 5.11 Å². The molecule has 1 aromatic rings. The predicted molar refractivity (Wildman–Crippen MR) is 60.4 cm³/mol. The standard InChI is InChI=1S/C13H10F4O/c1-2-10(14)13(17)11(15)6-4-8-3-5-9(18)7-12(8)16/h2-3,5-7,18H,1,4H2/b11-6+,13-10-. The molecule has 1 rings (SSSR count). The molecule has 1 aromatic carbocycles. The summed E-state index contributed by atoms with van der Waals surface area (Å²) in [6.07, 6.45) is 0.966. The zero-order valence-electron chi connectivity index (χ0n) is 9.26. The van der Waals surface area contributed by atoms with Crippen molar-refractivity contribution < 1.29 is 22.7 Å². The van der Waals surface area contributed by atoms with Crippen LogP contribution in [0.4, 0.5) is 17.6 Å². The normalized spacial score (nSPS) is 13.2. The highest BCUT2D eigenvalue weighted by molar-refractivity contribution is 5.32. The number of aromatic hydroxyl groups is 1. The van der Waals surface area contributed by atoms with E-state index < -0.39 is 23.3 Å². The van der Waals surface area contributed by atoms with Gasteiger partial charge in [0.25, 0.3) is 0 Å². The summed E-state index contributed by atoms with van der Waals surface area (Å²) >= 11 is 0. The molecule has 0 aromatic heterocycles. The molecule has 0 amide bonds. The van der Waals surface area contributed by atoms with Crippen molar-refractivity contribution in [1.82, 2.24) is 0 Å². The SMILES string of the molecule is C=C/C(F)=C(F)\C(F)=C/Cc1ccc(O)cc1F. The molecule has 1 N–H and O–H groups in total. The summed E-state index contributed by atoms with van der Waals surface area (Å²) in [4.78, 5) is 0. The number of hydrogen-bond donors (Lipinski definition) is 1. The van der Waals surface area contributed by atoms with Gasteiger partial charge < -0.3 is 5.11 Å². The Kier molecular flexibility index (Phi) is 4.71. The first-order chi connectivity index (χ1) is 8.45. The maximum absolute atomic E-state index is 13.2. The monoisotopic (exact) mass is 258 g/mol. The highest BCUT2D eigenvalue weighted by Crippen LogP contribution is 2.21. The maximum Gasteiger partial charge on any atom is 0.194 e. The van der Waals surface area contributed by atoms with Crippen LogP contribution in [0.5, 0.6) is 5.75 Å². The van der Waals surface area contributed by atoms with Gasteiger partial charge in [0.15, 0.2) is 17.5 Å². The third-order valence-corrected chi connectivity index (χ3v) is 2.14. The molecule has 0 fully saturated rings. The summed E-state index contributed by atoms with van der Waals surface area (Å²) in [6.45, 7) is 2.95. The lowest BCUT2D eigenvalue weighted by molar-refractivity contribution is 0.468. The first-order valence-electron chi connectivity index (χ1n) is 4.96. The van der Waals surface area contributed by atoms with E-state index in [2.05, 4.69) is 6.58 Å². The Hall–Kier alpha value is -2.04. The third kappa shape index (κ3) is 3.48. The minimum atomic E-state index is -1.68. The van der Waals surface area contributed by atoms with Crippen LogP contribution in [-0.2, 0) is 6.42 Å². The highest BCUT2D eigenvalue weighted by atomic mass is 19.2. The van der Waals surface area contributed by atoms with Crippen molar-refractivity contribution in [2.24, 2.45) is 0 Å². The van der Waals surface area contributed by atoms with Crippen molar-refractivity contribution in [3.63, 3.8) is 0 Å². The zero-order valence-corrected chi connectivity index (χ0v) is 9.26. The maximum atomic E-state index is 13.2. The van der Waals surface area contributed by atoms with Gasteiger partial charge in [-0.05, 0) is 30.2 Å². The first kappa shape index (κ1) is 14.0. The van der Waals surface area contributed by atoms with Gasteiger partial charge in [0.05, 0.1) is 0 Å². The lowest BCUT2D eigenvalue weighted by Gasteiger charge is -2.00. The molecule has 0 bridgehead atoms. The Labute approximate surface area is 101 Å². The third-order valence-electron chi connectivity index (χ3n) is 2.14. The van der Waals surface area contributed by atoms with Crippen LogP contribution in [0.15, 0.2) is 54.4 Å². The van der Waals surface area contributed by atoms with Crippen LogP contribution in [0, 0.1) is 5.82 Å². The Morgan fingerprint density at radius 2 is 1.94 bits per heavy atom. The van der Waals surface area contributed by atoms with E-state index in [0.717, 1.165) is 6.07 Å². The van der Waals surface area contributed by atoms with Gasteiger partial charge in [-0.25, -0.2) is 17.6 Å². The zero-order chi connectivity index (χ0) is 13.7. The van der Waals surface area contributed by atoms with Crippen LogP contribution in [0.25, 0.3) is 0 Å². The molecule has 0 spiro atoms. The molecule has 0 aliphatic carbocycles. The van der Waals surface area contributed by atoms with Crippen molar-refractivity contribution in [3.05, 3.63) is 65.8 Å². The molecule has 5 heteroatoms. The second-order valence-electron chi connectivity index (χ2n) is 3.40. The molecule has 0 atom stereocenters. The van der Waals surface area contributed by atoms with Gasteiger partial charge in [-0.3, -0.25) is 0 Å². The van der Waals surface area contributed by atoms with Crippen molar-refractivity contribution >= 4 is 0 Å². The molecule has 18 heavy (non-hydrogen) atoms. The second-order valence-corrected chi connectivity index (χ2v) is 3.40. The summed E-state index contributed by atoms with van der Waals surface area (Å²) in [5.74, 6) is -5.56. The summed E-state index contributed by atoms with van der Waals surface area (Å²) in [7, 11) is 0. The molecule has 0 saturated carbocycles. The highest BCUT2D eigenvalue weighted by Gasteiger charge is 2.09. The summed E-state index contributed by atoms with van der Waals surface area (Å²) in [5, 5.41) is 8.95. The number of halogens is 4. The minimum absolute atomic E-state index is 0.0507. The van der Waals surface area contributed by atoms with Crippen LogP contribution in [0.2, 0.25) is 0 Å². The molecule has 0 heterocycles. The van der Waals surface area contributed by atoms with Gasteiger partial charge in [0, 0.05) is 6.07 Å². The van der Waals surface area contributed by atoms with Gasteiger partial charge in [-0.2, -0.15) is 0 Å². The molecule has 96 valence electrons. The molecule has 0 aliphatic rings. The number of phenolic OH excluding ortho intramolecular Hbond substituents is 1. The Morgan fingerprint density at radius 1 is 1.28 bits per heavy atom. The van der Waals surface area contributed by atoms with Gasteiger partial charge in [0.2, 0.25) is 0 Å². The van der Waals surface area contributed by atoms with E-state index in [0.29, 0.717) is 12.2 Å². The molecule has 0 saturated heterocycles. The number of phenols is 1. The van der Waals surface area contributed by atoms with Crippen molar-refractivity contribution in [3.8, 4) is 5.75 Å². The number of allylic oxidation sites excluding steroid dienone is 5. The molecule has 1 nitrogen and oxygen atoms in total. The fraction of sp³-hybridized carbons (Fsp3) is 0.0769. The Morgan fingerprint density at radius 3 is 2.50 bits per heavy atom. The van der Waals surface area contributed by atoms with E-state index >= 15 is 0 Å². The topological polar surface area (TPSA) is 20.2 Å². The van der Waals surface area contributed by atoms with Crippen LogP contribution in [-0.4, -0.2) is 5.11 Å². The summed E-state index contributed by atoms with van der Waals surface area (Å²) in [6, 6.07) is 3.28. The second kappa shape index (κ2) is 6.05. The molecular formula is C13H10F4O. The number of hydrogen-bond acceptors (Lipinski definition) is 1. The van der Waals surface area contributed by atoms with Crippen LogP contribution in [0.1, 0.15) is 5.56 Å². The van der Waals surface area contributed by atoms with E-state index in [-0.39, 0.29) is 17.7 Å². The van der Waals surface area contributed by atoms with Gasteiger partial charge >= 0.3 is 0 Å². The molecule has 0 radical (unpaired) electrons. The van der Waals surface area contributed by atoms with E-state index in [1.807, 2.05) is 0 Å². The Balaban J connectivity index is 2.90. The quantitative estimate of drug-likeness (QED) is 0.631. The van der Waals surface area contributed by atoms with Crippen molar-refractivity contribution in [2.75, 3.05) is 0 Å². The lowest BCUT2D eigenvalue weighted by atomic mass is 10.1. The largest absolute Gasteiger partial charge is 0.508 e. The first-order valence-corrected chi connectivity index (χ1v) is 4.96. The molecule has 0 aliphatic heterocycles. The number of benzene rings is 1. The van der Waals surface area contributed by atoms with Crippen LogP contribution < -0.4 is 0 Å². The molecule has 0 unspecified atom stereocenters. The van der Waals surface area contributed by atoms with E-state index in [1.54, 1.807) is 0 Å². The average Bonchev–Trinajstić information content (AvgIpc) is 2.35. The fourth-order valence-electron chi connectivity index (χ4n) is 1.19. The predicted octanol–water partition coefficient (Wildman–Crippen LogP) is 4.26. The smallest absolute Gasteiger partial charge is 0.194 e. The Bertz CT molecular complexity index is 518. The van der Waals surface area contributed by atoms with Crippen molar-refractivity contribution in [1.29, 1.82) is 0 Å². The van der Waals surface area contributed by atoms with Gasteiger partial charge in [0.1, 0.15) is 11.6 Å². The number of rotatable bonds is 4. The minimum Gasteiger partial charge on any atom is -0.508 e. The van der Waals surface area contributed by atoms with Gasteiger partial charge in [-0.1, -0.05) is 12.6 Å². The summed E-state index contributed by atoms with van der Waals surface area (Å²) in [5.41, 5.74) is 0.0507. The van der Waals surface area contributed by atoms with Crippen LogP contribution >= 0.6 is 0 Å². The fourth-order valence-corrected chi connectivity index (χ4v) is 1.19. The van der Waals surface area contributed by atoms with Gasteiger partial charge in [-0.15, -0.1) is 0 Å². The van der Waals surface area contributed by atoms with E-state index in [1.165, 1.54) is 12.1 Å².